The highest BCUT2D eigenvalue weighted by Gasteiger charge is 1.99. The van der Waals surface area contributed by atoms with Gasteiger partial charge in [-0.3, -0.25) is 19.2 Å². The van der Waals surface area contributed by atoms with Crippen molar-refractivity contribution in [2.75, 3.05) is 0 Å². The molecule has 0 heterocycles. The van der Waals surface area contributed by atoms with E-state index in [0.717, 1.165) is 20.3 Å². The lowest BCUT2D eigenvalue weighted by molar-refractivity contribution is -0.148. The van der Waals surface area contributed by atoms with Crippen LogP contribution in [0.3, 0.4) is 0 Å². The lowest BCUT2D eigenvalue weighted by Gasteiger charge is -1.79. The smallest absolute Gasteiger partial charge is 0.371 e. The van der Waals surface area contributed by atoms with E-state index in [1.54, 1.807) is 6.92 Å². The Labute approximate surface area is 122 Å². The van der Waals surface area contributed by atoms with E-state index >= 15 is 0 Å². The molecule has 0 aromatic heterocycles. The van der Waals surface area contributed by atoms with Crippen LogP contribution in [0.25, 0.3) is 0 Å². The Morgan fingerprint density at radius 3 is 1.00 bits per heavy atom. The molecule has 0 saturated heterocycles. The van der Waals surface area contributed by atoms with Crippen molar-refractivity contribution in [3.63, 3.8) is 0 Å². The number of rotatable bonds is 4. The minimum absolute atomic E-state index is 0.222. The third-order valence-electron chi connectivity index (χ3n) is 1.07. The Bertz CT molecular complexity index is 318. The minimum Gasteiger partial charge on any atom is -0.481 e. The van der Waals surface area contributed by atoms with Gasteiger partial charge in [0.1, 0.15) is 0 Å². The topological polar surface area (TPSA) is 166 Å². The number of carbonyl (C=O) groups excluding carboxylic acids is 1. The van der Waals surface area contributed by atoms with Crippen molar-refractivity contribution < 1.29 is 44.4 Å². The van der Waals surface area contributed by atoms with Crippen LogP contribution < -0.4 is 0 Å². The van der Waals surface area contributed by atoms with Gasteiger partial charge < -0.3 is 20.4 Å². The van der Waals surface area contributed by atoms with Crippen molar-refractivity contribution in [1.29, 1.82) is 0 Å². The Kier molecular flexibility index (Phi) is 25.5. The fourth-order valence-electron chi connectivity index (χ4n) is 0.214. The molecule has 0 atom stereocenters. The molecule has 0 fully saturated rings. The Morgan fingerprint density at radius 1 is 0.762 bits per heavy atom. The number of hydrogen-bond acceptors (Lipinski definition) is 5. The van der Waals surface area contributed by atoms with Crippen LogP contribution in [0.5, 0.6) is 0 Å². The van der Waals surface area contributed by atoms with Gasteiger partial charge in [-0.2, -0.15) is 0 Å². The van der Waals surface area contributed by atoms with E-state index in [4.69, 9.17) is 25.2 Å². The molecule has 9 nitrogen and oxygen atoms in total. The first-order valence-electron chi connectivity index (χ1n) is 5.79. The van der Waals surface area contributed by atoms with E-state index in [2.05, 4.69) is 0 Å². The van der Waals surface area contributed by atoms with Crippen LogP contribution in [-0.2, 0) is 24.0 Å². The van der Waals surface area contributed by atoms with Crippen LogP contribution in [0.4, 0.5) is 0 Å². The van der Waals surface area contributed by atoms with Crippen LogP contribution in [0.1, 0.15) is 47.0 Å². The highest BCUT2D eigenvalue weighted by molar-refractivity contribution is 6.31. The summed E-state index contributed by atoms with van der Waals surface area (Å²) in [7, 11) is 0. The summed E-state index contributed by atoms with van der Waals surface area (Å²) < 4.78 is 0. The predicted octanol–water partition coefficient (Wildman–Crippen LogP) is 1.10. The second kappa shape index (κ2) is 19.9. The van der Waals surface area contributed by atoms with E-state index < -0.39 is 29.7 Å². The SMILES string of the molecule is CC(=O)C(=O)O.CC(=O)O.CCC(=O)O.CCCC(=O)O. The van der Waals surface area contributed by atoms with E-state index in [1.165, 1.54) is 0 Å². The summed E-state index contributed by atoms with van der Waals surface area (Å²) >= 11 is 0. The fraction of sp³-hybridized carbons (Fsp3) is 0.583. The Balaban J connectivity index is -0.0000000929. The normalized spacial score (nSPS) is 7.43. The number of hydrogen-bond donors (Lipinski definition) is 4. The van der Waals surface area contributed by atoms with E-state index in [9.17, 15) is 19.2 Å². The zero-order valence-corrected chi connectivity index (χ0v) is 12.5. The summed E-state index contributed by atoms with van der Waals surface area (Å²) in [6, 6.07) is 0. The average Bonchev–Trinajstić information content (AvgIpc) is 2.29. The first kappa shape index (κ1) is 27.0. The summed E-state index contributed by atoms with van der Waals surface area (Å²) in [4.78, 5) is 46.9. The maximum absolute atomic E-state index is 9.60. The summed E-state index contributed by atoms with van der Waals surface area (Å²) in [5.74, 6) is -4.49. The highest BCUT2D eigenvalue weighted by Crippen LogP contribution is 1.82. The summed E-state index contributed by atoms with van der Waals surface area (Å²) in [5.41, 5.74) is 0. The maximum atomic E-state index is 9.60. The lowest BCUT2D eigenvalue weighted by Crippen LogP contribution is -2.05. The van der Waals surface area contributed by atoms with Crippen LogP contribution in [-0.4, -0.2) is 50.1 Å². The number of carbonyl (C=O) groups is 5. The molecule has 0 bridgehead atoms. The molecule has 0 unspecified atom stereocenters. The van der Waals surface area contributed by atoms with Gasteiger partial charge in [-0.25, -0.2) is 4.79 Å². The van der Waals surface area contributed by atoms with Crippen LogP contribution in [0, 0.1) is 0 Å². The van der Waals surface area contributed by atoms with E-state index in [1.807, 2.05) is 6.92 Å². The van der Waals surface area contributed by atoms with Gasteiger partial charge in [-0.15, -0.1) is 0 Å². The lowest BCUT2D eigenvalue weighted by atomic mass is 10.4. The largest absolute Gasteiger partial charge is 0.481 e. The summed E-state index contributed by atoms with van der Waals surface area (Å²) in [6.07, 6.45) is 1.25. The molecule has 0 rings (SSSR count). The van der Waals surface area contributed by atoms with Crippen LogP contribution >= 0.6 is 0 Å². The van der Waals surface area contributed by atoms with Gasteiger partial charge in [0.05, 0.1) is 0 Å². The van der Waals surface area contributed by atoms with E-state index in [-0.39, 0.29) is 6.42 Å². The molecule has 0 aliphatic carbocycles. The number of carboxylic acids is 4. The zero-order chi connectivity index (χ0) is 18.0. The average molecular weight is 310 g/mol. The predicted molar refractivity (Wildman–Crippen MR) is 72.1 cm³/mol. The van der Waals surface area contributed by atoms with Crippen molar-refractivity contribution in [3.05, 3.63) is 0 Å². The molecule has 0 spiro atoms. The van der Waals surface area contributed by atoms with Crippen LogP contribution in [0.15, 0.2) is 0 Å². The molecular formula is C12H22O9. The molecule has 0 amide bonds. The van der Waals surface area contributed by atoms with Crippen molar-refractivity contribution in [1.82, 2.24) is 0 Å². The number of Topliss-reactive ketones (excluding diaryl/α,β-unsaturated/α-hetero) is 1. The quantitative estimate of drug-likeness (QED) is 0.556. The molecule has 21 heavy (non-hydrogen) atoms. The zero-order valence-electron chi connectivity index (χ0n) is 12.5. The molecule has 0 aliphatic rings. The fourth-order valence-corrected chi connectivity index (χ4v) is 0.214. The van der Waals surface area contributed by atoms with Gasteiger partial charge in [0.2, 0.25) is 5.78 Å². The van der Waals surface area contributed by atoms with Gasteiger partial charge in [0.15, 0.2) is 0 Å². The molecule has 0 aromatic carbocycles. The second-order valence-corrected chi connectivity index (χ2v) is 3.27. The van der Waals surface area contributed by atoms with Crippen molar-refractivity contribution in [2.24, 2.45) is 0 Å². The van der Waals surface area contributed by atoms with Gasteiger partial charge in [-0.05, 0) is 6.42 Å². The summed E-state index contributed by atoms with van der Waals surface area (Å²) in [5, 5.41) is 30.7. The Morgan fingerprint density at radius 2 is 1.00 bits per heavy atom. The van der Waals surface area contributed by atoms with Crippen LogP contribution in [0.2, 0.25) is 0 Å². The van der Waals surface area contributed by atoms with Crippen molar-refractivity contribution >= 4 is 29.7 Å². The first-order valence-corrected chi connectivity index (χ1v) is 5.79. The summed E-state index contributed by atoms with van der Waals surface area (Å²) in [6.45, 7) is 5.53. The highest BCUT2D eigenvalue weighted by atomic mass is 16.4. The number of ketones is 1. The number of carboxylic acid groups (broad SMARTS) is 4. The van der Waals surface area contributed by atoms with Gasteiger partial charge in [-0.1, -0.05) is 13.8 Å². The molecular weight excluding hydrogens is 288 g/mol. The monoisotopic (exact) mass is 310 g/mol. The number of aliphatic carboxylic acids is 4. The molecule has 9 heteroatoms. The second-order valence-electron chi connectivity index (χ2n) is 3.27. The standard InChI is InChI=1S/C4H8O2.C3H4O3.C3H6O2.C2H4O2/c1-2-3-4(5)6;1-2(4)3(5)6;1-2-3(4)5;1-2(3)4/h2-3H2,1H3,(H,5,6);1H3,(H,5,6);2H2,1H3,(H,4,5);1H3,(H,3,4). The van der Waals surface area contributed by atoms with Crippen molar-refractivity contribution in [2.45, 2.75) is 47.0 Å². The third-order valence-corrected chi connectivity index (χ3v) is 1.07. The van der Waals surface area contributed by atoms with Crippen molar-refractivity contribution in [3.8, 4) is 0 Å². The van der Waals surface area contributed by atoms with Gasteiger partial charge in [0.25, 0.3) is 5.97 Å². The molecule has 0 radical (unpaired) electrons. The van der Waals surface area contributed by atoms with E-state index in [0.29, 0.717) is 6.42 Å². The third kappa shape index (κ3) is 98.9. The molecule has 0 aromatic rings. The molecule has 0 saturated carbocycles. The van der Waals surface area contributed by atoms with Gasteiger partial charge in [0, 0.05) is 26.7 Å². The maximum Gasteiger partial charge on any atom is 0.371 e. The Hall–Kier alpha value is -2.45. The first-order chi connectivity index (χ1) is 9.41. The van der Waals surface area contributed by atoms with Gasteiger partial charge >= 0.3 is 17.9 Å². The molecule has 124 valence electrons. The minimum atomic E-state index is -1.38. The molecule has 4 N–H and O–H groups in total. The molecule has 0 aliphatic heterocycles.